The number of anilines is 5. The first-order valence-corrected chi connectivity index (χ1v) is 15.0. The van der Waals surface area contributed by atoms with Crippen molar-refractivity contribution in [1.82, 2.24) is 24.8 Å². The molecule has 0 saturated heterocycles. The smallest absolute Gasteiger partial charge is 0.294 e. The first kappa shape index (κ1) is 28.7. The summed E-state index contributed by atoms with van der Waals surface area (Å²) >= 11 is 0. The van der Waals surface area contributed by atoms with Crippen LogP contribution in [-0.2, 0) is 4.57 Å². The zero-order valence-corrected chi connectivity index (χ0v) is 24.1. The van der Waals surface area contributed by atoms with Gasteiger partial charge >= 0.3 is 0 Å². The standard InChI is InChI=1S/C26H32N9O4P/c1-33(2)13-14-34(3)20-16-22(39-4)19(15-21(20)35(36)37)31-26-29-10-9-23(32-26)30-18-8-7-17-24(28-12-11-27-17)25(18)40(5,6)38/h7-12,15-16H,13-14H2,1-6H3,(H2,29,30,31,32). The van der Waals surface area contributed by atoms with Crippen LogP contribution in [0.4, 0.5) is 34.5 Å². The molecule has 13 nitrogen and oxygen atoms in total. The van der Waals surface area contributed by atoms with Crippen molar-refractivity contribution in [2.45, 2.75) is 0 Å². The van der Waals surface area contributed by atoms with Gasteiger partial charge in [-0.1, -0.05) is 0 Å². The first-order valence-electron chi connectivity index (χ1n) is 12.4. The molecule has 2 aromatic carbocycles. The Kier molecular flexibility index (Phi) is 8.46. The number of likely N-dealkylation sites (N-methyl/N-ethyl adjacent to an activating group) is 2. The molecule has 2 heterocycles. The van der Waals surface area contributed by atoms with Gasteiger partial charge in [0.2, 0.25) is 5.95 Å². The van der Waals surface area contributed by atoms with E-state index in [2.05, 4.69) is 30.6 Å². The predicted octanol–water partition coefficient (Wildman–Crippen LogP) is 4.07. The molecule has 0 aliphatic rings. The highest BCUT2D eigenvalue weighted by atomic mass is 31.2. The van der Waals surface area contributed by atoms with Crippen molar-refractivity contribution >= 4 is 58.0 Å². The van der Waals surface area contributed by atoms with E-state index in [0.29, 0.717) is 51.5 Å². The normalized spacial score (nSPS) is 11.5. The molecule has 14 heteroatoms. The van der Waals surface area contributed by atoms with Crippen LogP contribution in [0.5, 0.6) is 5.75 Å². The second-order valence-electron chi connectivity index (χ2n) is 9.78. The number of aromatic nitrogens is 4. The van der Waals surface area contributed by atoms with Crippen molar-refractivity contribution in [2.24, 2.45) is 0 Å². The Morgan fingerprint density at radius 1 is 0.975 bits per heavy atom. The number of ether oxygens (including phenoxy) is 1. The number of benzene rings is 2. The number of nitro groups is 1. The molecule has 40 heavy (non-hydrogen) atoms. The quantitative estimate of drug-likeness (QED) is 0.153. The molecule has 0 unspecified atom stereocenters. The average Bonchev–Trinajstić information content (AvgIpc) is 2.90. The molecular weight excluding hydrogens is 533 g/mol. The van der Waals surface area contributed by atoms with Crippen molar-refractivity contribution in [2.75, 3.05) is 70.2 Å². The Morgan fingerprint density at radius 3 is 2.40 bits per heavy atom. The van der Waals surface area contributed by atoms with Gasteiger partial charge in [0.15, 0.2) is 0 Å². The number of methoxy groups -OCH3 is 1. The summed E-state index contributed by atoms with van der Waals surface area (Å²) in [7, 11) is 4.41. The van der Waals surface area contributed by atoms with Gasteiger partial charge in [0, 0.05) is 50.9 Å². The number of hydrogen-bond donors (Lipinski definition) is 2. The lowest BCUT2D eigenvalue weighted by atomic mass is 10.2. The third-order valence-electron chi connectivity index (χ3n) is 6.10. The highest BCUT2D eigenvalue weighted by molar-refractivity contribution is 7.71. The summed E-state index contributed by atoms with van der Waals surface area (Å²) in [6, 6.07) is 8.29. The average molecular weight is 566 g/mol. The Bertz CT molecular complexity index is 1590. The maximum atomic E-state index is 13.2. The van der Waals surface area contributed by atoms with E-state index in [9.17, 15) is 14.7 Å². The summed E-state index contributed by atoms with van der Waals surface area (Å²) in [5.41, 5.74) is 2.47. The lowest BCUT2D eigenvalue weighted by Gasteiger charge is -2.22. The molecule has 2 N–H and O–H groups in total. The third kappa shape index (κ3) is 6.44. The zero-order valence-electron chi connectivity index (χ0n) is 23.2. The summed E-state index contributed by atoms with van der Waals surface area (Å²) < 4.78 is 18.8. The predicted molar refractivity (Wildman–Crippen MR) is 159 cm³/mol. The largest absolute Gasteiger partial charge is 0.494 e. The van der Waals surface area contributed by atoms with Crippen molar-refractivity contribution in [3.8, 4) is 5.75 Å². The molecule has 0 aliphatic heterocycles. The van der Waals surface area contributed by atoms with Crippen LogP contribution in [-0.4, -0.2) is 84.4 Å². The molecule has 0 bridgehead atoms. The molecule has 0 spiro atoms. The fourth-order valence-corrected chi connectivity index (χ4v) is 5.55. The summed E-state index contributed by atoms with van der Waals surface area (Å²) in [5, 5.41) is 18.8. The molecule has 0 radical (unpaired) electrons. The maximum absolute atomic E-state index is 13.2. The van der Waals surface area contributed by atoms with E-state index in [1.807, 2.05) is 23.9 Å². The SMILES string of the molecule is COc1cc(N(C)CCN(C)C)c([N+](=O)[O-])cc1Nc1nccc(Nc2ccc3nccnc3c2P(C)(C)=O)n1. The molecule has 4 aromatic rings. The lowest BCUT2D eigenvalue weighted by Crippen LogP contribution is -2.28. The summed E-state index contributed by atoms with van der Waals surface area (Å²) in [4.78, 5) is 32.9. The van der Waals surface area contributed by atoms with Gasteiger partial charge in [-0.2, -0.15) is 4.98 Å². The van der Waals surface area contributed by atoms with E-state index in [0.717, 1.165) is 6.54 Å². The van der Waals surface area contributed by atoms with Crippen LogP contribution in [0.3, 0.4) is 0 Å². The molecule has 0 atom stereocenters. The molecule has 210 valence electrons. The van der Waals surface area contributed by atoms with Crippen LogP contribution in [0.25, 0.3) is 11.0 Å². The molecule has 0 fully saturated rings. The number of fused-ring (bicyclic) bond motifs is 1. The van der Waals surface area contributed by atoms with Gasteiger partial charge in [0.05, 0.1) is 34.2 Å². The van der Waals surface area contributed by atoms with Gasteiger partial charge in [-0.3, -0.25) is 20.1 Å². The van der Waals surface area contributed by atoms with Gasteiger partial charge in [0.1, 0.15) is 29.9 Å². The minimum atomic E-state index is -2.77. The van der Waals surface area contributed by atoms with Crippen molar-refractivity contribution in [3.05, 3.63) is 59.0 Å². The Morgan fingerprint density at radius 2 is 1.73 bits per heavy atom. The van der Waals surface area contributed by atoms with Gasteiger partial charge in [-0.15, -0.1) is 0 Å². The van der Waals surface area contributed by atoms with Crippen LogP contribution in [0.15, 0.2) is 48.9 Å². The van der Waals surface area contributed by atoms with Crippen molar-refractivity contribution in [3.63, 3.8) is 0 Å². The Balaban J connectivity index is 1.67. The molecule has 0 saturated carbocycles. The molecule has 2 aromatic heterocycles. The number of hydrogen-bond acceptors (Lipinski definition) is 12. The minimum Gasteiger partial charge on any atom is -0.494 e. The summed E-state index contributed by atoms with van der Waals surface area (Å²) in [6.45, 7) is 4.66. The van der Waals surface area contributed by atoms with Crippen LogP contribution in [0, 0.1) is 10.1 Å². The molecular formula is C26H32N9O4P. The second kappa shape index (κ2) is 11.8. The van der Waals surface area contributed by atoms with Crippen molar-refractivity contribution in [1.29, 1.82) is 0 Å². The van der Waals surface area contributed by atoms with Gasteiger partial charge in [-0.25, -0.2) is 4.98 Å². The first-order chi connectivity index (χ1) is 19.0. The third-order valence-corrected chi connectivity index (χ3v) is 7.63. The van der Waals surface area contributed by atoms with E-state index >= 15 is 0 Å². The lowest BCUT2D eigenvalue weighted by molar-refractivity contribution is -0.384. The van der Waals surface area contributed by atoms with E-state index in [1.165, 1.54) is 13.2 Å². The van der Waals surface area contributed by atoms with E-state index < -0.39 is 12.1 Å². The second-order valence-corrected chi connectivity index (χ2v) is 12.9. The van der Waals surface area contributed by atoms with Crippen molar-refractivity contribution < 1.29 is 14.2 Å². The monoisotopic (exact) mass is 565 g/mol. The van der Waals surface area contributed by atoms with E-state index in [-0.39, 0.29) is 11.6 Å². The zero-order chi connectivity index (χ0) is 29.0. The highest BCUT2D eigenvalue weighted by Crippen LogP contribution is 2.41. The van der Waals surface area contributed by atoms with Gasteiger partial charge in [0.25, 0.3) is 5.69 Å². The highest BCUT2D eigenvalue weighted by Gasteiger charge is 2.24. The number of nitrogens with zero attached hydrogens (tertiary/aromatic N) is 7. The summed E-state index contributed by atoms with van der Waals surface area (Å²) in [5.74, 6) is 1.00. The topological polar surface area (TPSA) is 152 Å². The molecule has 4 rings (SSSR count). The number of rotatable bonds is 11. The van der Waals surface area contributed by atoms with Crippen LogP contribution in [0.1, 0.15) is 0 Å². The van der Waals surface area contributed by atoms with Gasteiger partial charge < -0.3 is 29.7 Å². The Hall–Kier alpha value is -4.35. The molecule has 0 amide bonds. The minimum absolute atomic E-state index is 0.0811. The number of nitro benzene ring substituents is 1. The molecule has 0 aliphatic carbocycles. The van der Waals surface area contributed by atoms with Crippen LogP contribution < -0.4 is 25.6 Å². The van der Waals surface area contributed by atoms with Crippen LogP contribution >= 0.6 is 7.14 Å². The van der Waals surface area contributed by atoms with Gasteiger partial charge in [-0.05, 0) is 45.6 Å². The van der Waals surface area contributed by atoms with E-state index in [4.69, 9.17) is 4.74 Å². The fraction of sp³-hybridized carbons (Fsp3) is 0.308. The number of nitrogens with one attached hydrogen (secondary N) is 2. The Labute approximate surface area is 232 Å². The van der Waals surface area contributed by atoms with E-state index in [1.54, 1.807) is 63.2 Å². The fourth-order valence-electron chi connectivity index (χ4n) is 4.16. The summed E-state index contributed by atoms with van der Waals surface area (Å²) in [6.07, 6.45) is 4.70. The van der Waals surface area contributed by atoms with Crippen LogP contribution in [0.2, 0.25) is 0 Å². The maximum Gasteiger partial charge on any atom is 0.294 e.